The number of rotatable bonds is 3. The monoisotopic (exact) mass is 301 g/mol. The summed E-state index contributed by atoms with van der Waals surface area (Å²) in [4.78, 5) is 23.1. The Morgan fingerprint density at radius 1 is 1.30 bits per heavy atom. The predicted octanol–water partition coefficient (Wildman–Crippen LogP) is 3.42. The highest BCUT2D eigenvalue weighted by Crippen LogP contribution is 2.24. The van der Waals surface area contributed by atoms with Gasteiger partial charge in [-0.1, -0.05) is 11.6 Å². The van der Waals surface area contributed by atoms with Crippen LogP contribution in [0.25, 0.3) is 0 Å². The average Bonchev–Trinajstić information content (AvgIpc) is 2.24. The number of nitrogens with one attached hydrogen (secondary N) is 1. The van der Waals surface area contributed by atoms with Gasteiger partial charge < -0.3 is 14.8 Å². The van der Waals surface area contributed by atoms with Crippen molar-refractivity contribution in [2.45, 2.75) is 38.8 Å². The first-order chi connectivity index (χ1) is 9.05. The molecule has 1 N–H and O–H groups in total. The fourth-order valence-corrected chi connectivity index (χ4v) is 1.76. The van der Waals surface area contributed by atoms with Gasteiger partial charge in [-0.3, -0.25) is 0 Å². The number of benzene rings is 1. The fourth-order valence-electron chi connectivity index (χ4n) is 1.54. The highest BCUT2D eigenvalue weighted by Gasteiger charge is 2.31. The zero-order valence-electron chi connectivity index (χ0n) is 11.8. The normalized spacial score (nSPS) is 14.3. The molecule has 4 nitrogen and oxygen atoms in total. The molecular formula is C14H17ClFNO3. The Kier molecular flexibility index (Phi) is 4.76. The van der Waals surface area contributed by atoms with Gasteiger partial charge in [-0.05, 0) is 51.5 Å². The number of aldehydes is 1. The molecule has 1 aromatic carbocycles. The molecule has 1 aromatic rings. The van der Waals surface area contributed by atoms with E-state index in [1.54, 1.807) is 20.8 Å². The summed E-state index contributed by atoms with van der Waals surface area (Å²) in [5.41, 5.74) is -1.88. The molecule has 0 saturated heterocycles. The third kappa shape index (κ3) is 4.49. The molecule has 0 spiro atoms. The Balaban J connectivity index is 3.02. The van der Waals surface area contributed by atoms with Gasteiger partial charge in [-0.15, -0.1) is 0 Å². The zero-order valence-corrected chi connectivity index (χ0v) is 12.5. The van der Waals surface area contributed by atoms with Crippen molar-refractivity contribution in [2.75, 3.05) is 0 Å². The molecule has 0 radical (unpaired) electrons. The van der Waals surface area contributed by atoms with Crippen molar-refractivity contribution in [3.63, 3.8) is 0 Å². The first kappa shape index (κ1) is 16.4. The average molecular weight is 302 g/mol. The second-order valence-electron chi connectivity index (χ2n) is 5.61. The molecule has 1 rings (SSSR count). The molecule has 0 aliphatic heterocycles. The van der Waals surface area contributed by atoms with Crippen molar-refractivity contribution in [2.24, 2.45) is 0 Å². The van der Waals surface area contributed by atoms with E-state index in [0.29, 0.717) is 6.29 Å². The van der Waals surface area contributed by atoms with Gasteiger partial charge in [0.15, 0.2) is 0 Å². The number of carbonyl (C=O) groups is 2. The van der Waals surface area contributed by atoms with Gasteiger partial charge in [-0.2, -0.15) is 0 Å². The van der Waals surface area contributed by atoms with Crippen LogP contribution in [0.5, 0.6) is 0 Å². The maximum absolute atomic E-state index is 13.4. The SMILES string of the molecule is CC(C)(C)OC(=O)NC(C)(C=O)c1cc(F)cc(Cl)c1. The number of hydrogen-bond acceptors (Lipinski definition) is 3. The van der Waals surface area contributed by atoms with E-state index in [1.807, 2.05) is 0 Å². The molecule has 0 heterocycles. The molecule has 1 atom stereocenters. The van der Waals surface area contributed by atoms with Crippen LogP contribution in [-0.2, 0) is 15.1 Å². The highest BCUT2D eigenvalue weighted by molar-refractivity contribution is 6.30. The largest absolute Gasteiger partial charge is 0.444 e. The van der Waals surface area contributed by atoms with Crippen LogP contribution in [0.2, 0.25) is 5.02 Å². The van der Waals surface area contributed by atoms with Crippen molar-refractivity contribution >= 4 is 24.0 Å². The lowest BCUT2D eigenvalue weighted by Crippen LogP contribution is -2.47. The Bertz CT molecular complexity index is 507. The molecule has 0 bridgehead atoms. The molecule has 20 heavy (non-hydrogen) atoms. The van der Waals surface area contributed by atoms with E-state index in [9.17, 15) is 14.0 Å². The lowest BCUT2D eigenvalue weighted by atomic mass is 9.94. The van der Waals surface area contributed by atoms with Crippen LogP contribution in [0.15, 0.2) is 18.2 Å². The van der Waals surface area contributed by atoms with Crippen LogP contribution in [0.3, 0.4) is 0 Å². The lowest BCUT2D eigenvalue weighted by molar-refractivity contribution is -0.113. The Morgan fingerprint density at radius 2 is 1.90 bits per heavy atom. The molecule has 6 heteroatoms. The zero-order chi connectivity index (χ0) is 15.6. The van der Waals surface area contributed by atoms with E-state index in [-0.39, 0.29) is 10.6 Å². The summed E-state index contributed by atoms with van der Waals surface area (Å²) >= 11 is 5.76. The van der Waals surface area contributed by atoms with Crippen molar-refractivity contribution in [3.8, 4) is 0 Å². The van der Waals surface area contributed by atoms with Gasteiger partial charge in [0.05, 0.1) is 0 Å². The van der Waals surface area contributed by atoms with Crippen LogP contribution in [0.4, 0.5) is 9.18 Å². The quantitative estimate of drug-likeness (QED) is 0.870. The highest BCUT2D eigenvalue weighted by atomic mass is 35.5. The van der Waals surface area contributed by atoms with E-state index >= 15 is 0 Å². The number of hydrogen-bond donors (Lipinski definition) is 1. The van der Waals surface area contributed by atoms with Gasteiger partial charge in [0.2, 0.25) is 0 Å². The van der Waals surface area contributed by atoms with Crippen molar-refractivity contribution in [3.05, 3.63) is 34.6 Å². The second kappa shape index (κ2) is 5.79. The van der Waals surface area contributed by atoms with E-state index in [0.717, 1.165) is 12.1 Å². The van der Waals surface area contributed by atoms with Gasteiger partial charge >= 0.3 is 6.09 Å². The van der Waals surface area contributed by atoms with Crippen LogP contribution < -0.4 is 5.32 Å². The van der Waals surface area contributed by atoms with Crippen molar-refractivity contribution in [1.29, 1.82) is 0 Å². The minimum atomic E-state index is -1.42. The summed E-state index contributed by atoms with van der Waals surface area (Å²) in [6.07, 6.45) is -0.269. The van der Waals surface area contributed by atoms with Crippen LogP contribution >= 0.6 is 11.6 Å². The van der Waals surface area contributed by atoms with Gasteiger partial charge in [0.25, 0.3) is 0 Å². The van der Waals surface area contributed by atoms with Crippen molar-refractivity contribution in [1.82, 2.24) is 5.32 Å². The molecular weight excluding hydrogens is 285 g/mol. The molecule has 110 valence electrons. The Hall–Kier alpha value is -1.62. The van der Waals surface area contributed by atoms with Gasteiger partial charge in [0.1, 0.15) is 23.2 Å². The summed E-state index contributed by atoms with van der Waals surface area (Å²) in [7, 11) is 0. The predicted molar refractivity (Wildman–Crippen MR) is 74.2 cm³/mol. The van der Waals surface area contributed by atoms with Crippen molar-refractivity contribution < 1.29 is 18.7 Å². The number of halogens is 2. The minimum Gasteiger partial charge on any atom is -0.444 e. The number of ether oxygens (including phenoxy) is 1. The van der Waals surface area contributed by atoms with E-state index < -0.39 is 23.1 Å². The third-order valence-electron chi connectivity index (χ3n) is 2.46. The minimum absolute atomic E-state index is 0.138. The van der Waals surface area contributed by atoms with Crippen LogP contribution in [0, 0.1) is 5.82 Å². The Labute approximate surface area is 122 Å². The lowest BCUT2D eigenvalue weighted by Gasteiger charge is -2.28. The van der Waals surface area contributed by atoms with Crippen LogP contribution in [-0.4, -0.2) is 18.0 Å². The second-order valence-corrected chi connectivity index (χ2v) is 6.04. The Morgan fingerprint density at radius 3 is 2.35 bits per heavy atom. The standard InChI is InChI=1S/C14H17ClFNO3/c1-13(2,3)20-12(19)17-14(4,8-18)9-5-10(15)7-11(16)6-9/h5-8H,1-4H3,(H,17,19). The smallest absolute Gasteiger partial charge is 0.408 e. The molecule has 1 unspecified atom stereocenters. The molecule has 0 aliphatic rings. The van der Waals surface area contributed by atoms with Gasteiger partial charge in [0, 0.05) is 5.02 Å². The van der Waals surface area contributed by atoms with Crippen LogP contribution in [0.1, 0.15) is 33.3 Å². The maximum Gasteiger partial charge on any atom is 0.408 e. The van der Waals surface area contributed by atoms with Gasteiger partial charge in [-0.25, -0.2) is 9.18 Å². The first-order valence-corrected chi connectivity index (χ1v) is 6.37. The van der Waals surface area contributed by atoms with E-state index in [1.165, 1.54) is 13.0 Å². The topological polar surface area (TPSA) is 55.4 Å². The number of alkyl carbamates (subject to hydrolysis) is 1. The number of amides is 1. The molecule has 0 fully saturated rings. The number of carbonyl (C=O) groups excluding carboxylic acids is 2. The summed E-state index contributed by atoms with van der Waals surface area (Å²) < 4.78 is 18.4. The molecule has 0 aromatic heterocycles. The molecule has 1 amide bonds. The maximum atomic E-state index is 13.4. The third-order valence-corrected chi connectivity index (χ3v) is 2.68. The molecule has 0 aliphatic carbocycles. The summed E-state index contributed by atoms with van der Waals surface area (Å²) in [6.45, 7) is 6.53. The molecule has 0 saturated carbocycles. The summed E-state index contributed by atoms with van der Waals surface area (Å²) in [5, 5.41) is 2.55. The van der Waals surface area contributed by atoms with E-state index in [2.05, 4.69) is 5.32 Å². The first-order valence-electron chi connectivity index (χ1n) is 6.00. The summed E-state index contributed by atoms with van der Waals surface area (Å²) in [5.74, 6) is -0.591. The fraction of sp³-hybridized carbons (Fsp3) is 0.429. The summed E-state index contributed by atoms with van der Waals surface area (Å²) in [6, 6.07) is 3.66. The van der Waals surface area contributed by atoms with E-state index in [4.69, 9.17) is 16.3 Å².